The first kappa shape index (κ1) is 15.4. The van der Waals surface area contributed by atoms with E-state index in [1.807, 2.05) is 0 Å². The quantitative estimate of drug-likeness (QED) is 0.733. The first-order valence-corrected chi connectivity index (χ1v) is 6.80. The van der Waals surface area contributed by atoms with E-state index < -0.39 is 0 Å². The zero-order valence-corrected chi connectivity index (χ0v) is 11.8. The maximum atomic E-state index is 13.1. The second-order valence-electron chi connectivity index (χ2n) is 4.28. The summed E-state index contributed by atoms with van der Waals surface area (Å²) in [7, 11) is 0. The standard InChI is InChI=1S/C14H21ClFNO/c1-3-7-18-10-12(17-4-2)8-11-5-6-14(16)13(15)9-11/h5-6,9,12,17H,3-4,7-8,10H2,1-2H3. The number of halogens is 2. The Hall–Kier alpha value is -0.640. The van der Waals surface area contributed by atoms with Crippen LogP contribution in [0.25, 0.3) is 0 Å². The summed E-state index contributed by atoms with van der Waals surface area (Å²) < 4.78 is 18.6. The van der Waals surface area contributed by atoms with Gasteiger partial charge in [-0.25, -0.2) is 4.39 Å². The Morgan fingerprint density at radius 1 is 1.39 bits per heavy atom. The highest BCUT2D eigenvalue weighted by Crippen LogP contribution is 2.17. The van der Waals surface area contributed by atoms with E-state index in [9.17, 15) is 4.39 Å². The van der Waals surface area contributed by atoms with Crippen molar-refractivity contribution in [3.63, 3.8) is 0 Å². The van der Waals surface area contributed by atoms with E-state index in [1.165, 1.54) is 6.07 Å². The molecule has 0 saturated carbocycles. The minimum atomic E-state index is -0.373. The smallest absolute Gasteiger partial charge is 0.141 e. The lowest BCUT2D eigenvalue weighted by molar-refractivity contribution is 0.112. The zero-order chi connectivity index (χ0) is 13.4. The molecule has 0 spiro atoms. The molecule has 1 unspecified atom stereocenters. The Balaban J connectivity index is 2.55. The molecule has 0 amide bonds. The minimum Gasteiger partial charge on any atom is -0.380 e. The van der Waals surface area contributed by atoms with E-state index in [1.54, 1.807) is 12.1 Å². The molecule has 0 bridgehead atoms. The van der Waals surface area contributed by atoms with E-state index in [-0.39, 0.29) is 16.9 Å². The number of nitrogens with one attached hydrogen (secondary N) is 1. The van der Waals surface area contributed by atoms with Crippen molar-refractivity contribution in [2.45, 2.75) is 32.7 Å². The van der Waals surface area contributed by atoms with Gasteiger partial charge in [0.05, 0.1) is 11.6 Å². The van der Waals surface area contributed by atoms with Gasteiger partial charge in [-0.3, -0.25) is 0 Å². The maximum Gasteiger partial charge on any atom is 0.141 e. The van der Waals surface area contributed by atoms with Crippen molar-refractivity contribution in [2.75, 3.05) is 19.8 Å². The Morgan fingerprint density at radius 2 is 2.17 bits per heavy atom. The van der Waals surface area contributed by atoms with Crippen LogP contribution < -0.4 is 5.32 Å². The van der Waals surface area contributed by atoms with Gasteiger partial charge in [0.1, 0.15) is 5.82 Å². The molecule has 0 saturated heterocycles. The Bertz CT molecular complexity index is 360. The fourth-order valence-electron chi connectivity index (χ4n) is 1.80. The molecule has 1 atom stereocenters. The molecule has 1 aromatic rings. The molecule has 0 aromatic heterocycles. The average molecular weight is 274 g/mol. The first-order chi connectivity index (χ1) is 8.67. The molecular formula is C14H21ClFNO. The van der Waals surface area contributed by atoms with Gasteiger partial charge in [-0.2, -0.15) is 0 Å². The molecule has 0 radical (unpaired) electrons. The summed E-state index contributed by atoms with van der Waals surface area (Å²) in [6.07, 6.45) is 1.80. The lowest BCUT2D eigenvalue weighted by atomic mass is 10.1. The molecular weight excluding hydrogens is 253 g/mol. The zero-order valence-electron chi connectivity index (χ0n) is 11.0. The summed E-state index contributed by atoms with van der Waals surface area (Å²) in [4.78, 5) is 0. The van der Waals surface area contributed by atoms with Crippen molar-refractivity contribution in [3.05, 3.63) is 34.6 Å². The fourth-order valence-corrected chi connectivity index (χ4v) is 2.00. The van der Waals surface area contributed by atoms with Gasteiger partial charge in [-0.05, 0) is 37.1 Å². The molecule has 2 nitrogen and oxygen atoms in total. The first-order valence-electron chi connectivity index (χ1n) is 6.42. The predicted molar refractivity (Wildman–Crippen MR) is 73.7 cm³/mol. The van der Waals surface area contributed by atoms with Gasteiger partial charge in [-0.15, -0.1) is 0 Å². The monoisotopic (exact) mass is 273 g/mol. The summed E-state index contributed by atoms with van der Waals surface area (Å²) in [6.45, 7) is 6.46. The van der Waals surface area contributed by atoms with E-state index in [4.69, 9.17) is 16.3 Å². The predicted octanol–water partition coefficient (Wildman–Crippen LogP) is 3.43. The maximum absolute atomic E-state index is 13.1. The van der Waals surface area contributed by atoms with Crippen molar-refractivity contribution >= 4 is 11.6 Å². The molecule has 1 N–H and O–H groups in total. The van der Waals surface area contributed by atoms with Gasteiger partial charge in [0.25, 0.3) is 0 Å². The van der Waals surface area contributed by atoms with Gasteiger partial charge >= 0.3 is 0 Å². The number of rotatable bonds is 8. The van der Waals surface area contributed by atoms with Crippen LogP contribution in [0, 0.1) is 5.82 Å². The van der Waals surface area contributed by atoms with Gasteiger partial charge < -0.3 is 10.1 Å². The van der Waals surface area contributed by atoms with Crippen molar-refractivity contribution in [2.24, 2.45) is 0 Å². The third-order valence-electron chi connectivity index (χ3n) is 2.63. The average Bonchev–Trinajstić information content (AvgIpc) is 2.34. The summed E-state index contributed by atoms with van der Waals surface area (Å²) in [6, 6.07) is 5.10. The van der Waals surface area contributed by atoms with Crippen LogP contribution in [-0.4, -0.2) is 25.8 Å². The number of ether oxygens (including phenoxy) is 1. The number of hydrogen-bond acceptors (Lipinski definition) is 2. The summed E-state index contributed by atoms with van der Waals surface area (Å²) in [5.41, 5.74) is 1.02. The van der Waals surface area contributed by atoms with Crippen molar-refractivity contribution < 1.29 is 9.13 Å². The number of likely N-dealkylation sites (N-methyl/N-ethyl adjacent to an activating group) is 1. The molecule has 102 valence electrons. The number of hydrogen-bond donors (Lipinski definition) is 1. The highest BCUT2D eigenvalue weighted by atomic mass is 35.5. The lowest BCUT2D eigenvalue weighted by Crippen LogP contribution is -2.35. The lowest BCUT2D eigenvalue weighted by Gasteiger charge is -2.18. The van der Waals surface area contributed by atoms with Crippen LogP contribution in [-0.2, 0) is 11.2 Å². The van der Waals surface area contributed by atoms with Crippen molar-refractivity contribution in [3.8, 4) is 0 Å². The molecule has 0 heterocycles. The van der Waals surface area contributed by atoms with Crippen molar-refractivity contribution in [1.29, 1.82) is 0 Å². The fraction of sp³-hybridized carbons (Fsp3) is 0.571. The molecule has 0 aliphatic carbocycles. The third-order valence-corrected chi connectivity index (χ3v) is 2.92. The summed E-state index contributed by atoms with van der Waals surface area (Å²) in [5.74, 6) is -0.373. The molecule has 0 fully saturated rings. The Kier molecular flexibility index (Phi) is 7.25. The van der Waals surface area contributed by atoms with Crippen molar-refractivity contribution in [1.82, 2.24) is 5.32 Å². The second-order valence-corrected chi connectivity index (χ2v) is 4.69. The highest BCUT2D eigenvalue weighted by molar-refractivity contribution is 6.30. The molecule has 0 aliphatic heterocycles. The van der Waals surface area contributed by atoms with E-state index in [0.29, 0.717) is 6.61 Å². The van der Waals surface area contributed by atoms with Gasteiger partial charge in [-0.1, -0.05) is 31.5 Å². The Morgan fingerprint density at radius 3 is 2.78 bits per heavy atom. The summed E-state index contributed by atoms with van der Waals surface area (Å²) in [5, 5.41) is 3.54. The van der Waals surface area contributed by atoms with Gasteiger partial charge in [0, 0.05) is 12.6 Å². The van der Waals surface area contributed by atoms with Gasteiger partial charge in [0.2, 0.25) is 0 Å². The van der Waals surface area contributed by atoms with Crippen LogP contribution >= 0.6 is 11.6 Å². The van der Waals surface area contributed by atoms with E-state index >= 15 is 0 Å². The molecule has 4 heteroatoms. The van der Waals surface area contributed by atoms with E-state index in [0.717, 1.165) is 31.6 Å². The van der Waals surface area contributed by atoms with Crippen LogP contribution in [0.15, 0.2) is 18.2 Å². The largest absolute Gasteiger partial charge is 0.380 e. The molecule has 1 rings (SSSR count). The Labute approximate surface area is 113 Å². The minimum absolute atomic E-state index is 0.178. The van der Waals surface area contributed by atoms with Crippen LogP contribution in [0.1, 0.15) is 25.8 Å². The second kappa shape index (κ2) is 8.46. The van der Waals surface area contributed by atoms with Crippen LogP contribution in [0.3, 0.4) is 0 Å². The highest BCUT2D eigenvalue weighted by Gasteiger charge is 2.10. The third kappa shape index (κ3) is 5.34. The SMILES string of the molecule is CCCOCC(Cc1ccc(F)c(Cl)c1)NCC. The van der Waals surface area contributed by atoms with Crippen LogP contribution in [0.5, 0.6) is 0 Å². The topological polar surface area (TPSA) is 21.3 Å². The van der Waals surface area contributed by atoms with E-state index in [2.05, 4.69) is 19.2 Å². The molecule has 18 heavy (non-hydrogen) atoms. The normalized spacial score (nSPS) is 12.7. The molecule has 1 aromatic carbocycles. The summed E-state index contributed by atoms with van der Waals surface area (Å²) >= 11 is 5.77. The number of benzene rings is 1. The van der Waals surface area contributed by atoms with Gasteiger partial charge in [0.15, 0.2) is 0 Å². The van der Waals surface area contributed by atoms with Crippen LogP contribution in [0.2, 0.25) is 5.02 Å². The van der Waals surface area contributed by atoms with Crippen LogP contribution in [0.4, 0.5) is 4.39 Å². The molecule has 0 aliphatic rings.